The van der Waals surface area contributed by atoms with Crippen molar-refractivity contribution >= 4 is 50.3 Å². The fourth-order valence-corrected chi connectivity index (χ4v) is 5.74. The number of hydrogen-bond donors (Lipinski definition) is 1. The summed E-state index contributed by atoms with van der Waals surface area (Å²) in [5.41, 5.74) is 4.68. The Bertz CT molecular complexity index is 808. The molecule has 1 unspecified atom stereocenters. The van der Waals surface area contributed by atoms with E-state index in [4.69, 9.17) is 0 Å². The molecule has 1 amide bonds. The van der Waals surface area contributed by atoms with E-state index >= 15 is 0 Å². The molecule has 1 atom stereocenters. The maximum absolute atomic E-state index is 12.4. The van der Waals surface area contributed by atoms with Crippen LogP contribution < -0.4 is 5.32 Å². The van der Waals surface area contributed by atoms with Crippen molar-refractivity contribution < 1.29 is 4.79 Å². The second-order valence-electron chi connectivity index (χ2n) is 5.93. The molecule has 132 valence electrons. The van der Waals surface area contributed by atoms with Gasteiger partial charge in [0.05, 0.1) is 11.8 Å². The summed E-state index contributed by atoms with van der Waals surface area (Å²) in [5.74, 6) is 0.936. The number of amides is 1. The maximum Gasteiger partial charge on any atom is 0.239 e. The summed E-state index contributed by atoms with van der Waals surface area (Å²) in [7, 11) is 0. The van der Waals surface area contributed by atoms with E-state index in [2.05, 4.69) is 53.4 Å². The van der Waals surface area contributed by atoms with Crippen LogP contribution in [-0.2, 0) is 4.79 Å². The minimum atomic E-state index is -0.209. The molecule has 3 rings (SSSR count). The van der Waals surface area contributed by atoms with Crippen molar-refractivity contribution in [3.8, 4) is 10.6 Å². The SMILES string of the molecule is Cc1cc(C)c(-c2nnc(NC(=O)C(C)SC3=NCCS3)s2)c(C)c1. The van der Waals surface area contributed by atoms with E-state index < -0.39 is 0 Å². The van der Waals surface area contributed by atoms with Crippen molar-refractivity contribution in [3.63, 3.8) is 0 Å². The molecule has 1 aliphatic heterocycles. The zero-order valence-corrected chi connectivity index (χ0v) is 17.1. The fourth-order valence-electron chi connectivity index (χ4n) is 2.69. The maximum atomic E-state index is 12.4. The summed E-state index contributed by atoms with van der Waals surface area (Å²) in [4.78, 5) is 16.7. The minimum absolute atomic E-state index is 0.0692. The molecule has 0 saturated carbocycles. The first-order valence-electron chi connectivity index (χ1n) is 8.00. The Kier molecular flexibility index (Phi) is 5.81. The van der Waals surface area contributed by atoms with E-state index in [9.17, 15) is 4.79 Å². The van der Waals surface area contributed by atoms with Crippen molar-refractivity contribution in [3.05, 3.63) is 28.8 Å². The van der Waals surface area contributed by atoms with E-state index in [0.29, 0.717) is 5.13 Å². The lowest BCUT2D eigenvalue weighted by Crippen LogP contribution is -2.23. The highest BCUT2D eigenvalue weighted by molar-refractivity contribution is 8.39. The van der Waals surface area contributed by atoms with Gasteiger partial charge in [-0.05, 0) is 38.8 Å². The molecule has 0 spiro atoms. The summed E-state index contributed by atoms with van der Waals surface area (Å²) in [6, 6.07) is 4.28. The average molecular weight is 393 g/mol. The summed E-state index contributed by atoms with van der Waals surface area (Å²) >= 11 is 4.62. The standard InChI is InChI=1S/C17H20N4OS3/c1-9-7-10(2)13(11(3)8-9)15-20-21-16(25-15)19-14(22)12(4)24-17-18-5-6-23-17/h7-8,12H,5-6H2,1-4H3,(H,19,21,22). The van der Waals surface area contributed by atoms with Crippen LogP contribution in [0.2, 0.25) is 0 Å². The minimum Gasteiger partial charge on any atom is -0.300 e. The van der Waals surface area contributed by atoms with Gasteiger partial charge in [-0.25, -0.2) is 0 Å². The number of aromatic nitrogens is 2. The van der Waals surface area contributed by atoms with Crippen LogP contribution >= 0.6 is 34.9 Å². The van der Waals surface area contributed by atoms with E-state index in [-0.39, 0.29) is 11.2 Å². The molecule has 8 heteroatoms. The zero-order valence-electron chi connectivity index (χ0n) is 14.6. The number of benzene rings is 1. The van der Waals surface area contributed by atoms with Crippen molar-refractivity contribution in [1.29, 1.82) is 0 Å². The van der Waals surface area contributed by atoms with Crippen molar-refractivity contribution in [2.45, 2.75) is 32.9 Å². The number of thioether (sulfide) groups is 2. The highest BCUT2D eigenvalue weighted by Gasteiger charge is 2.20. The van der Waals surface area contributed by atoms with Crippen LogP contribution in [0.15, 0.2) is 17.1 Å². The Morgan fingerprint density at radius 2 is 1.96 bits per heavy atom. The third-order valence-electron chi connectivity index (χ3n) is 3.75. The first-order valence-corrected chi connectivity index (χ1v) is 10.7. The van der Waals surface area contributed by atoms with Gasteiger partial charge >= 0.3 is 0 Å². The van der Waals surface area contributed by atoms with Crippen LogP contribution in [0.3, 0.4) is 0 Å². The van der Waals surface area contributed by atoms with Crippen molar-refractivity contribution in [2.24, 2.45) is 4.99 Å². The molecule has 5 nitrogen and oxygen atoms in total. The van der Waals surface area contributed by atoms with E-state index in [0.717, 1.165) is 27.2 Å². The van der Waals surface area contributed by atoms with Crippen molar-refractivity contribution in [1.82, 2.24) is 10.2 Å². The average Bonchev–Trinajstić information content (AvgIpc) is 3.18. The lowest BCUT2D eigenvalue weighted by molar-refractivity contribution is -0.115. The molecular weight excluding hydrogens is 372 g/mol. The molecule has 0 aliphatic carbocycles. The first-order chi connectivity index (χ1) is 11.9. The molecule has 0 radical (unpaired) electrons. The van der Waals surface area contributed by atoms with Crippen LogP contribution in [0.1, 0.15) is 23.6 Å². The smallest absolute Gasteiger partial charge is 0.239 e. The largest absolute Gasteiger partial charge is 0.300 e. The topological polar surface area (TPSA) is 67.2 Å². The molecule has 1 aromatic heterocycles. The predicted octanol–water partition coefficient (Wildman–Crippen LogP) is 4.29. The van der Waals surface area contributed by atoms with Gasteiger partial charge in [0.1, 0.15) is 9.38 Å². The van der Waals surface area contributed by atoms with Gasteiger partial charge in [-0.3, -0.25) is 15.1 Å². The molecule has 1 N–H and O–H groups in total. The molecule has 0 bridgehead atoms. The third-order valence-corrected chi connectivity index (χ3v) is 6.91. The second-order valence-corrected chi connectivity index (χ2v) is 9.58. The molecule has 25 heavy (non-hydrogen) atoms. The lowest BCUT2D eigenvalue weighted by Gasteiger charge is -2.09. The van der Waals surface area contributed by atoms with Gasteiger partial charge in [-0.1, -0.05) is 52.6 Å². The highest BCUT2D eigenvalue weighted by Crippen LogP contribution is 2.33. The van der Waals surface area contributed by atoms with Gasteiger partial charge in [-0.2, -0.15) is 0 Å². The summed E-state index contributed by atoms with van der Waals surface area (Å²) in [6.45, 7) is 8.97. The van der Waals surface area contributed by atoms with E-state index in [1.807, 2.05) is 6.92 Å². The quantitative estimate of drug-likeness (QED) is 0.840. The van der Waals surface area contributed by atoms with Gasteiger partial charge in [0.2, 0.25) is 11.0 Å². The van der Waals surface area contributed by atoms with Crippen LogP contribution in [0, 0.1) is 20.8 Å². The Labute approximate surface area is 160 Å². The monoisotopic (exact) mass is 392 g/mol. The van der Waals surface area contributed by atoms with E-state index in [1.54, 1.807) is 11.8 Å². The number of aryl methyl sites for hydroxylation is 3. The Balaban J connectivity index is 1.70. The number of carbonyl (C=O) groups is 1. The molecule has 2 heterocycles. The number of nitrogens with one attached hydrogen (secondary N) is 1. The molecule has 0 saturated heterocycles. The van der Waals surface area contributed by atoms with Gasteiger partial charge < -0.3 is 0 Å². The number of carbonyl (C=O) groups excluding carboxylic acids is 1. The number of anilines is 1. The third kappa shape index (κ3) is 4.43. The molecule has 1 aliphatic rings. The van der Waals surface area contributed by atoms with Crippen LogP contribution in [0.25, 0.3) is 10.6 Å². The Hall–Kier alpha value is -1.38. The lowest BCUT2D eigenvalue weighted by atomic mass is 10.0. The normalized spacial score (nSPS) is 15.1. The van der Waals surface area contributed by atoms with Crippen LogP contribution in [0.4, 0.5) is 5.13 Å². The molecular formula is C17H20N4OS3. The van der Waals surface area contributed by atoms with Crippen LogP contribution in [-0.4, -0.2) is 38.0 Å². The van der Waals surface area contributed by atoms with Crippen LogP contribution in [0.5, 0.6) is 0 Å². The van der Waals surface area contributed by atoms with Crippen molar-refractivity contribution in [2.75, 3.05) is 17.6 Å². The number of nitrogens with zero attached hydrogens (tertiary/aromatic N) is 3. The Morgan fingerprint density at radius 3 is 2.60 bits per heavy atom. The molecule has 1 aromatic carbocycles. The van der Waals surface area contributed by atoms with Gasteiger partial charge in [-0.15, -0.1) is 10.2 Å². The summed E-state index contributed by atoms with van der Waals surface area (Å²) < 4.78 is 0.992. The van der Waals surface area contributed by atoms with Gasteiger partial charge in [0.15, 0.2) is 0 Å². The number of hydrogen-bond acceptors (Lipinski definition) is 7. The fraction of sp³-hybridized carbons (Fsp3) is 0.412. The van der Waals surface area contributed by atoms with Gasteiger partial charge in [0.25, 0.3) is 0 Å². The highest BCUT2D eigenvalue weighted by atomic mass is 32.2. The first kappa shape index (κ1) is 18.4. The predicted molar refractivity (Wildman–Crippen MR) is 110 cm³/mol. The number of aliphatic imine (C=N–C) groups is 1. The summed E-state index contributed by atoms with van der Waals surface area (Å²) in [5, 5.41) is 12.5. The Morgan fingerprint density at radius 1 is 1.24 bits per heavy atom. The van der Waals surface area contributed by atoms with Gasteiger partial charge in [0, 0.05) is 11.3 Å². The van der Waals surface area contributed by atoms with E-state index in [1.165, 1.54) is 39.8 Å². The zero-order chi connectivity index (χ0) is 18.0. The number of rotatable bonds is 4. The second kappa shape index (κ2) is 7.88. The summed E-state index contributed by atoms with van der Waals surface area (Å²) in [6.07, 6.45) is 0. The molecule has 2 aromatic rings. The molecule has 0 fully saturated rings.